The Labute approximate surface area is 182 Å². The summed E-state index contributed by atoms with van der Waals surface area (Å²) >= 11 is 1.46. The Morgan fingerprint density at radius 1 is 1.07 bits per heavy atom. The molecule has 7 nitrogen and oxygen atoms in total. The molecule has 1 aromatic carbocycles. The van der Waals surface area contributed by atoms with E-state index in [2.05, 4.69) is 15.2 Å². The number of piperidine rings is 2. The van der Waals surface area contributed by atoms with Crippen LogP contribution in [0.5, 0.6) is 0 Å². The number of benzene rings is 1. The topological polar surface area (TPSA) is 82.6 Å². The van der Waals surface area contributed by atoms with E-state index in [1.807, 2.05) is 5.38 Å². The van der Waals surface area contributed by atoms with Crippen molar-refractivity contribution in [2.45, 2.75) is 43.5 Å². The molecule has 1 amide bonds. The second-order valence-electron chi connectivity index (χ2n) is 7.96. The third-order valence-corrected chi connectivity index (χ3v) is 8.54. The molecule has 1 aromatic heterocycles. The van der Waals surface area contributed by atoms with E-state index in [-0.39, 0.29) is 11.8 Å². The van der Waals surface area contributed by atoms with E-state index in [1.54, 1.807) is 30.3 Å². The van der Waals surface area contributed by atoms with Crippen molar-refractivity contribution in [3.8, 4) is 0 Å². The Hall–Kier alpha value is -1.81. The molecule has 2 aromatic rings. The molecule has 2 aliphatic heterocycles. The van der Waals surface area contributed by atoms with Crippen molar-refractivity contribution in [1.82, 2.24) is 14.2 Å². The molecule has 2 saturated heterocycles. The molecular weight excluding hydrogens is 420 g/mol. The van der Waals surface area contributed by atoms with Crippen molar-refractivity contribution in [1.29, 1.82) is 0 Å². The standard InChI is InChI=1S/C21H28N4O3S2/c26-20(23-21-22-18(16-29-21)15-24-11-5-2-6-12-24)17-9-13-25(14-10-17)30(27,28)19-7-3-1-4-8-19/h1,3-4,7-8,16-17H,2,5-6,9-15H2,(H,22,23,26). The summed E-state index contributed by atoms with van der Waals surface area (Å²) in [6.45, 7) is 3.77. The highest BCUT2D eigenvalue weighted by Crippen LogP contribution is 2.26. The monoisotopic (exact) mass is 448 g/mol. The second-order valence-corrected chi connectivity index (χ2v) is 10.8. The van der Waals surface area contributed by atoms with Crippen LogP contribution in [-0.4, -0.2) is 54.7 Å². The van der Waals surface area contributed by atoms with Gasteiger partial charge in [-0.1, -0.05) is 24.6 Å². The van der Waals surface area contributed by atoms with Gasteiger partial charge in [0.25, 0.3) is 0 Å². The van der Waals surface area contributed by atoms with E-state index >= 15 is 0 Å². The number of likely N-dealkylation sites (tertiary alicyclic amines) is 1. The number of rotatable bonds is 6. The van der Waals surface area contributed by atoms with Crippen molar-refractivity contribution in [3.63, 3.8) is 0 Å². The lowest BCUT2D eigenvalue weighted by molar-refractivity contribution is -0.120. The van der Waals surface area contributed by atoms with Crippen LogP contribution in [0.15, 0.2) is 40.6 Å². The normalized spacial score (nSPS) is 19.6. The first kappa shape index (κ1) is 21.4. The molecule has 0 bridgehead atoms. The molecule has 0 radical (unpaired) electrons. The minimum Gasteiger partial charge on any atom is -0.302 e. The largest absolute Gasteiger partial charge is 0.302 e. The number of hydrogen-bond acceptors (Lipinski definition) is 6. The highest BCUT2D eigenvalue weighted by Gasteiger charge is 2.32. The maximum Gasteiger partial charge on any atom is 0.243 e. The summed E-state index contributed by atoms with van der Waals surface area (Å²) in [7, 11) is -3.49. The van der Waals surface area contributed by atoms with Gasteiger partial charge in [0.15, 0.2) is 5.13 Å². The van der Waals surface area contributed by atoms with Gasteiger partial charge >= 0.3 is 0 Å². The fourth-order valence-corrected chi connectivity index (χ4v) is 6.29. The number of thiazole rings is 1. The van der Waals surface area contributed by atoms with E-state index in [0.717, 1.165) is 25.3 Å². The number of nitrogens with zero attached hydrogens (tertiary/aromatic N) is 3. The first-order valence-corrected chi connectivity index (χ1v) is 12.9. The molecule has 0 saturated carbocycles. The number of aromatic nitrogens is 1. The van der Waals surface area contributed by atoms with E-state index in [1.165, 1.54) is 34.9 Å². The van der Waals surface area contributed by atoms with Gasteiger partial charge in [0.05, 0.1) is 10.6 Å². The van der Waals surface area contributed by atoms with Crippen LogP contribution in [0.2, 0.25) is 0 Å². The van der Waals surface area contributed by atoms with Crippen LogP contribution < -0.4 is 5.32 Å². The number of carbonyl (C=O) groups is 1. The Kier molecular flexibility index (Phi) is 6.82. The van der Waals surface area contributed by atoms with Crippen LogP contribution in [-0.2, 0) is 21.4 Å². The zero-order valence-electron chi connectivity index (χ0n) is 17.0. The van der Waals surface area contributed by atoms with Crippen LogP contribution in [0.25, 0.3) is 0 Å². The van der Waals surface area contributed by atoms with E-state index in [0.29, 0.717) is 36.0 Å². The van der Waals surface area contributed by atoms with E-state index < -0.39 is 10.0 Å². The molecule has 0 atom stereocenters. The van der Waals surface area contributed by atoms with Gasteiger partial charge in [0, 0.05) is 30.9 Å². The van der Waals surface area contributed by atoms with Crippen molar-refractivity contribution in [2.24, 2.45) is 5.92 Å². The number of anilines is 1. The molecule has 2 fully saturated rings. The van der Waals surface area contributed by atoms with Crippen LogP contribution in [0.3, 0.4) is 0 Å². The molecule has 0 spiro atoms. The highest BCUT2D eigenvalue weighted by molar-refractivity contribution is 7.89. The SMILES string of the molecule is O=C(Nc1nc(CN2CCCCC2)cs1)C1CCN(S(=O)(=O)c2ccccc2)CC1. The van der Waals surface area contributed by atoms with Crippen molar-refractivity contribution in [3.05, 3.63) is 41.4 Å². The third-order valence-electron chi connectivity index (χ3n) is 5.82. The lowest BCUT2D eigenvalue weighted by Crippen LogP contribution is -2.41. The Morgan fingerprint density at radius 3 is 2.47 bits per heavy atom. The molecule has 162 valence electrons. The summed E-state index contributed by atoms with van der Waals surface area (Å²) < 4.78 is 26.9. The molecular formula is C21H28N4O3S2. The van der Waals surface area contributed by atoms with Gasteiger partial charge in [-0.05, 0) is 50.9 Å². The zero-order valence-corrected chi connectivity index (χ0v) is 18.6. The van der Waals surface area contributed by atoms with Gasteiger partial charge in [0.1, 0.15) is 0 Å². The molecule has 9 heteroatoms. The molecule has 1 N–H and O–H groups in total. The van der Waals surface area contributed by atoms with Crippen molar-refractivity contribution in [2.75, 3.05) is 31.5 Å². The fourth-order valence-electron chi connectivity index (χ4n) is 4.09. The molecule has 3 heterocycles. The maximum absolute atomic E-state index is 12.7. The Balaban J connectivity index is 1.28. The smallest absolute Gasteiger partial charge is 0.243 e. The number of hydrogen-bond donors (Lipinski definition) is 1. The molecule has 4 rings (SSSR count). The van der Waals surface area contributed by atoms with Crippen molar-refractivity contribution >= 4 is 32.4 Å². The fraction of sp³-hybridized carbons (Fsp3) is 0.524. The summed E-state index contributed by atoms with van der Waals surface area (Å²) in [5.74, 6) is -0.257. The van der Waals surface area contributed by atoms with Gasteiger partial charge < -0.3 is 5.32 Å². The molecule has 2 aliphatic rings. The van der Waals surface area contributed by atoms with E-state index in [4.69, 9.17) is 0 Å². The van der Waals surface area contributed by atoms with Gasteiger partial charge in [-0.15, -0.1) is 11.3 Å². The van der Waals surface area contributed by atoms with Crippen LogP contribution >= 0.6 is 11.3 Å². The van der Waals surface area contributed by atoms with Gasteiger partial charge in [-0.2, -0.15) is 4.31 Å². The Bertz CT molecular complexity index is 948. The first-order chi connectivity index (χ1) is 14.5. The number of carbonyl (C=O) groups excluding carboxylic acids is 1. The van der Waals surface area contributed by atoms with E-state index in [9.17, 15) is 13.2 Å². The zero-order chi connectivity index (χ0) is 21.0. The minimum atomic E-state index is -3.49. The second kappa shape index (κ2) is 9.55. The number of sulfonamides is 1. The minimum absolute atomic E-state index is 0.0642. The lowest BCUT2D eigenvalue weighted by atomic mass is 9.97. The number of nitrogens with one attached hydrogen (secondary N) is 1. The van der Waals surface area contributed by atoms with Crippen molar-refractivity contribution < 1.29 is 13.2 Å². The lowest BCUT2D eigenvalue weighted by Gasteiger charge is -2.30. The predicted molar refractivity (Wildman–Crippen MR) is 118 cm³/mol. The molecule has 0 aliphatic carbocycles. The quantitative estimate of drug-likeness (QED) is 0.734. The average Bonchev–Trinajstić information content (AvgIpc) is 3.21. The van der Waals surface area contributed by atoms with Crippen LogP contribution in [0.1, 0.15) is 37.8 Å². The summed E-state index contributed by atoms with van der Waals surface area (Å²) in [5.41, 5.74) is 1.00. The summed E-state index contributed by atoms with van der Waals surface area (Å²) in [6, 6.07) is 8.46. The van der Waals surface area contributed by atoms with Gasteiger partial charge in [-0.25, -0.2) is 13.4 Å². The summed E-state index contributed by atoms with van der Waals surface area (Å²) in [5, 5.41) is 5.58. The highest BCUT2D eigenvalue weighted by atomic mass is 32.2. The van der Waals surface area contributed by atoms with Gasteiger partial charge in [0.2, 0.25) is 15.9 Å². The number of amides is 1. The molecule has 0 unspecified atom stereocenters. The summed E-state index contributed by atoms with van der Waals surface area (Å²) in [6.07, 6.45) is 4.83. The predicted octanol–water partition coefficient (Wildman–Crippen LogP) is 3.17. The van der Waals surface area contributed by atoms with Crippen LogP contribution in [0.4, 0.5) is 5.13 Å². The summed E-state index contributed by atoms with van der Waals surface area (Å²) in [4.78, 5) is 20.0. The Morgan fingerprint density at radius 2 is 1.77 bits per heavy atom. The average molecular weight is 449 g/mol. The third kappa shape index (κ3) is 5.08. The maximum atomic E-state index is 12.7. The van der Waals surface area contributed by atoms with Crippen LogP contribution in [0, 0.1) is 5.92 Å². The first-order valence-electron chi connectivity index (χ1n) is 10.6. The van der Waals surface area contributed by atoms with Gasteiger partial charge in [-0.3, -0.25) is 9.69 Å². The molecule has 30 heavy (non-hydrogen) atoms.